The number of rotatable bonds is 10. The summed E-state index contributed by atoms with van der Waals surface area (Å²) in [4.78, 5) is 13.9. The van der Waals surface area contributed by atoms with E-state index in [2.05, 4.69) is 15.9 Å². The largest absolute Gasteiger partial charge is 0.491 e. The average molecular weight is 599 g/mol. The SMILES string of the molecule is CCS(=O)(=O)Cc1ccc(Oc2cccc(OCCOC3CCN(C(=O)OC(C)(C)C)CC3)c2)c(Br)c1. The van der Waals surface area contributed by atoms with Gasteiger partial charge in [0, 0.05) is 24.9 Å². The van der Waals surface area contributed by atoms with E-state index in [1.165, 1.54) is 0 Å². The lowest BCUT2D eigenvalue weighted by atomic mass is 10.1. The predicted molar refractivity (Wildman–Crippen MR) is 146 cm³/mol. The highest BCUT2D eigenvalue weighted by Crippen LogP contribution is 2.32. The average Bonchev–Trinajstić information content (AvgIpc) is 2.83. The molecule has 8 nitrogen and oxygen atoms in total. The van der Waals surface area contributed by atoms with Crippen molar-refractivity contribution in [1.82, 2.24) is 4.90 Å². The Morgan fingerprint density at radius 1 is 1.05 bits per heavy atom. The number of hydrogen-bond donors (Lipinski definition) is 0. The van der Waals surface area contributed by atoms with Gasteiger partial charge < -0.3 is 23.8 Å². The summed E-state index contributed by atoms with van der Waals surface area (Å²) >= 11 is 3.47. The third kappa shape index (κ3) is 9.83. The van der Waals surface area contributed by atoms with Gasteiger partial charge in [-0.1, -0.05) is 19.1 Å². The van der Waals surface area contributed by atoms with Crippen molar-refractivity contribution >= 4 is 31.9 Å². The van der Waals surface area contributed by atoms with Crippen molar-refractivity contribution in [2.75, 3.05) is 32.1 Å². The zero-order chi connectivity index (χ0) is 27.1. The number of nitrogens with zero attached hydrogens (tertiary/aromatic N) is 1. The summed E-state index contributed by atoms with van der Waals surface area (Å²) in [7, 11) is -3.11. The molecular formula is C27H36BrNO7S. The Hall–Kier alpha value is -2.30. The van der Waals surface area contributed by atoms with E-state index in [4.69, 9.17) is 18.9 Å². The second kappa shape index (κ2) is 13.0. The molecule has 2 aromatic rings. The van der Waals surface area contributed by atoms with Crippen molar-refractivity contribution in [3.8, 4) is 17.2 Å². The molecule has 0 aromatic heterocycles. The van der Waals surface area contributed by atoms with Crippen LogP contribution in [-0.2, 0) is 25.1 Å². The molecule has 1 saturated heterocycles. The highest BCUT2D eigenvalue weighted by atomic mass is 79.9. The minimum atomic E-state index is -3.11. The van der Waals surface area contributed by atoms with E-state index in [1.807, 2.05) is 39.0 Å². The Kier molecular flexibility index (Phi) is 10.3. The molecule has 0 aliphatic carbocycles. The third-order valence-electron chi connectivity index (χ3n) is 5.66. The quantitative estimate of drug-likeness (QED) is 0.311. The van der Waals surface area contributed by atoms with Crippen LogP contribution in [0.4, 0.5) is 4.79 Å². The molecule has 1 fully saturated rings. The van der Waals surface area contributed by atoms with Crippen molar-refractivity contribution in [3.63, 3.8) is 0 Å². The van der Waals surface area contributed by atoms with Crippen LogP contribution < -0.4 is 9.47 Å². The summed E-state index contributed by atoms with van der Waals surface area (Å²) in [6.07, 6.45) is 1.34. The number of benzene rings is 2. The first kappa shape index (κ1) is 29.3. The highest BCUT2D eigenvalue weighted by Gasteiger charge is 2.27. The molecule has 3 rings (SSSR count). The van der Waals surface area contributed by atoms with Crippen molar-refractivity contribution in [2.45, 2.75) is 58.0 Å². The summed E-state index contributed by atoms with van der Waals surface area (Å²) in [6, 6.07) is 12.6. The highest BCUT2D eigenvalue weighted by molar-refractivity contribution is 9.10. The van der Waals surface area contributed by atoms with Crippen molar-refractivity contribution in [1.29, 1.82) is 0 Å². The van der Waals surface area contributed by atoms with E-state index in [-0.39, 0.29) is 23.7 Å². The second-order valence-corrected chi connectivity index (χ2v) is 13.1. The maximum absolute atomic E-state index is 12.2. The van der Waals surface area contributed by atoms with Crippen molar-refractivity contribution in [3.05, 3.63) is 52.5 Å². The third-order valence-corrected chi connectivity index (χ3v) is 7.93. The molecule has 10 heteroatoms. The summed E-state index contributed by atoms with van der Waals surface area (Å²) in [5, 5.41) is 0. The van der Waals surface area contributed by atoms with Gasteiger partial charge >= 0.3 is 6.09 Å². The Morgan fingerprint density at radius 3 is 2.41 bits per heavy atom. The molecule has 0 unspecified atom stereocenters. The molecule has 0 N–H and O–H groups in total. The Labute approximate surface area is 228 Å². The van der Waals surface area contributed by atoms with Crippen LogP contribution in [0.5, 0.6) is 17.2 Å². The van der Waals surface area contributed by atoms with E-state index in [1.54, 1.807) is 36.1 Å². The molecule has 0 radical (unpaired) electrons. The molecule has 2 aromatic carbocycles. The fourth-order valence-corrected chi connectivity index (χ4v) is 5.13. The van der Waals surface area contributed by atoms with Gasteiger partial charge in [0.15, 0.2) is 9.84 Å². The van der Waals surface area contributed by atoms with E-state index in [9.17, 15) is 13.2 Å². The number of hydrogen-bond acceptors (Lipinski definition) is 7. The monoisotopic (exact) mass is 597 g/mol. The minimum absolute atomic E-state index is 0.00334. The van der Waals surface area contributed by atoms with Crippen molar-refractivity contribution < 1.29 is 32.2 Å². The number of ether oxygens (including phenoxy) is 4. The predicted octanol–water partition coefficient (Wildman–Crippen LogP) is 5.97. The number of carbonyl (C=O) groups is 1. The van der Waals surface area contributed by atoms with Gasteiger partial charge in [-0.25, -0.2) is 13.2 Å². The number of amides is 1. The first-order valence-corrected chi connectivity index (χ1v) is 15.0. The van der Waals surface area contributed by atoms with Gasteiger partial charge in [0.1, 0.15) is 29.5 Å². The maximum Gasteiger partial charge on any atom is 0.410 e. The molecular weight excluding hydrogens is 562 g/mol. The van der Waals surface area contributed by atoms with Gasteiger partial charge in [0.25, 0.3) is 0 Å². The standard InChI is InChI=1S/C27H36BrNO7S/c1-5-37(31,32)19-20-9-10-25(24(28)17-20)35-23-8-6-7-22(18-23)34-16-15-33-21-11-13-29(14-12-21)26(30)36-27(2,3)4/h6-10,17-18,21H,5,11-16,19H2,1-4H3. The molecule has 0 bridgehead atoms. The Balaban J connectivity index is 1.42. The van der Waals surface area contributed by atoms with Gasteiger partial charge in [-0.05, 0) is 79.4 Å². The second-order valence-electron chi connectivity index (χ2n) is 9.90. The topological polar surface area (TPSA) is 91.4 Å². The van der Waals surface area contributed by atoms with Crippen LogP contribution in [0.2, 0.25) is 0 Å². The van der Waals surface area contributed by atoms with Crippen LogP contribution in [0.1, 0.15) is 46.1 Å². The zero-order valence-electron chi connectivity index (χ0n) is 21.9. The maximum atomic E-state index is 12.2. The lowest BCUT2D eigenvalue weighted by Crippen LogP contribution is -2.43. The van der Waals surface area contributed by atoms with E-state index < -0.39 is 15.4 Å². The summed E-state index contributed by atoms with van der Waals surface area (Å²) in [6.45, 7) is 9.29. The normalized spacial score (nSPS) is 14.9. The van der Waals surface area contributed by atoms with E-state index >= 15 is 0 Å². The van der Waals surface area contributed by atoms with Crippen LogP contribution >= 0.6 is 15.9 Å². The van der Waals surface area contributed by atoms with E-state index in [0.29, 0.717) is 53.6 Å². The van der Waals surface area contributed by atoms with Crippen LogP contribution in [0, 0.1) is 0 Å². The molecule has 0 spiro atoms. The van der Waals surface area contributed by atoms with Crippen molar-refractivity contribution in [2.24, 2.45) is 0 Å². The van der Waals surface area contributed by atoms with Crippen LogP contribution in [0.15, 0.2) is 46.9 Å². The molecule has 0 atom stereocenters. The molecule has 0 saturated carbocycles. The zero-order valence-corrected chi connectivity index (χ0v) is 24.3. The smallest absolute Gasteiger partial charge is 0.410 e. The lowest BCUT2D eigenvalue weighted by Gasteiger charge is -2.33. The van der Waals surface area contributed by atoms with Crippen LogP contribution in [0.25, 0.3) is 0 Å². The first-order chi connectivity index (χ1) is 17.4. The van der Waals surface area contributed by atoms with E-state index in [0.717, 1.165) is 12.8 Å². The molecule has 37 heavy (non-hydrogen) atoms. The summed E-state index contributed by atoms with van der Waals surface area (Å²) < 4.78 is 47.6. The van der Waals surface area contributed by atoms with Crippen LogP contribution in [-0.4, -0.2) is 63.2 Å². The van der Waals surface area contributed by atoms with Crippen LogP contribution in [0.3, 0.4) is 0 Å². The number of carbonyl (C=O) groups excluding carboxylic acids is 1. The molecule has 1 aliphatic heterocycles. The molecule has 204 valence electrons. The first-order valence-electron chi connectivity index (χ1n) is 12.4. The Morgan fingerprint density at radius 2 is 1.76 bits per heavy atom. The Bertz CT molecular complexity index is 1160. The van der Waals surface area contributed by atoms with Gasteiger partial charge in [-0.3, -0.25) is 0 Å². The summed E-state index contributed by atoms with van der Waals surface area (Å²) in [5.74, 6) is 1.94. The minimum Gasteiger partial charge on any atom is -0.491 e. The summed E-state index contributed by atoms with van der Waals surface area (Å²) in [5.41, 5.74) is 0.207. The number of piperidine rings is 1. The van der Waals surface area contributed by atoms with Gasteiger partial charge in [-0.15, -0.1) is 0 Å². The van der Waals surface area contributed by atoms with Gasteiger partial charge in [-0.2, -0.15) is 0 Å². The van der Waals surface area contributed by atoms with Gasteiger partial charge in [0.2, 0.25) is 0 Å². The molecule has 1 heterocycles. The molecule has 1 amide bonds. The number of sulfone groups is 1. The fraction of sp³-hybridized carbons (Fsp3) is 0.519. The van der Waals surface area contributed by atoms with Gasteiger partial charge in [0.05, 0.1) is 22.9 Å². The lowest BCUT2D eigenvalue weighted by molar-refractivity contribution is -0.0177. The molecule has 1 aliphatic rings. The fourth-order valence-electron chi connectivity index (χ4n) is 3.73. The number of likely N-dealkylation sites (tertiary alicyclic amines) is 1. The number of halogens is 1.